The number of allylic oxidation sites excluding steroid dienone is 1. The quantitative estimate of drug-likeness (QED) is 0.638. The Balaban J connectivity index is 2.30. The summed E-state index contributed by atoms with van der Waals surface area (Å²) in [6.45, 7) is 1.79. The molecule has 2 unspecified atom stereocenters. The molecular weight excluding hydrogens is 296 g/mol. The van der Waals surface area contributed by atoms with Crippen LogP contribution in [0.2, 0.25) is 0 Å². The number of cyclic esters (lactones) is 1. The number of benzene rings is 1. The standard InChI is InChI=1S/C18H24O5/c1-12-6-5-9-14(19)8-4-2-3-7-13-10-15(20)11-16(21)17(13)18(22)23-12/h3,7,10-12,14,19-21H,2,4-6,8-9H2,1H3/b7-3+. The Morgan fingerprint density at radius 1 is 1.13 bits per heavy atom. The highest BCUT2D eigenvalue weighted by atomic mass is 16.5. The van der Waals surface area contributed by atoms with Gasteiger partial charge in [0.2, 0.25) is 0 Å². The van der Waals surface area contributed by atoms with Crippen molar-refractivity contribution < 1.29 is 24.9 Å². The van der Waals surface area contributed by atoms with Crippen LogP contribution >= 0.6 is 0 Å². The molecule has 2 rings (SSSR count). The molecule has 0 aromatic heterocycles. The largest absolute Gasteiger partial charge is 0.508 e. The van der Waals surface area contributed by atoms with Crippen LogP contribution in [0.5, 0.6) is 11.5 Å². The highest BCUT2D eigenvalue weighted by Gasteiger charge is 2.20. The fourth-order valence-corrected chi connectivity index (χ4v) is 2.75. The number of aliphatic hydroxyl groups excluding tert-OH is 1. The molecule has 0 saturated carbocycles. The van der Waals surface area contributed by atoms with Crippen molar-refractivity contribution in [1.82, 2.24) is 0 Å². The number of aromatic hydroxyl groups is 2. The van der Waals surface area contributed by atoms with Gasteiger partial charge in [-0.25, -0.2) is 4.79 Å². The van der Waals surface area contributed by atoms with Gasteiger partial charge in [0.05, 0.1) is 12.2 Å². The molecule has 3 N–H and O–H groups in total. The normalized spacial score (nSPS) is 25.0. The number of fused-ring (bicyclic) bond motifs is 1. The van der Waals surface area contributed by atoms with Gasteiger partial charge in [0.25, 0.3) is 0 Å². The van der Waals surface area contributed by atoms with E-state index in [4.69, 9.17) is 4.74 Å². The Morgan fingerprint density at radius 3 is 2.65 bits per heavy atom. The lowest BCUT2D eigenvalue weighted by Gasteiger charge is -2.17. The molecule has 0 bridgehead atoms. The minimum atomic E-state index is -0.604. The third kappa shape index (κ3) is 4.99. The minimum Gasteiger partial charge on any atom is -0.508 e. The fourth-order valence-electron chi connectivity index (χ4n) is 2.75. The van der Waals surface area contributed by atoms with Crippen molar-refractivity contribution in [3.05, 3.63) is 29.3 Å². The number of aliphatic hydroxyl groups is 1. The first-order valence-corrected chi connectivity index (χ1v) is 8.09. The summed E-state index contributed by atoms with van der Waals surface area (Å²) in [6.07, 6.45) is 7.39. The van der Waals surface area contributed by atoms with Crippen molar-refractivity contribution in [1.29, 1.82) is 0 Å². The van der Waals surface area contributed by atoms with E-state index in [2.05, 4.69) is 0 Å². The lowest BCUT2D eigenvalue weighted by atomic mass is 10.0. The van der Waals surface area contributed by atoms with Gasteiger partial charge in [-0.05, 0) is 57.1 Å². The molecule has 1 aromatic carbocycles. The van der Waals surface area contributed by atoms with E-state index in [0.29, 0.717) is 18.4 Å². The summed E-state index contributed by atoms with van der Waals surface area (Å²) < 4.78 is 5.38. The van der Waals surface area contributed by atoms with Crippen molar-refractivity contribution in [3.8, 4) is 11.5 Å². The van der Waals surface area contributed by atoms with Gasteiger partial charge in [-0.3, -0.25) is 0 Å². The van der Waals surface area contributed by atoms with E-state index in [9.17, 15) is 20.1 Å². The predicted octanol–water partition coefficient (Wildman–Crippen LogP) is 3.37. The SMILES string of the molecule is CC1CCCC(O)CCC/C=C/c2cc(O)cc(O)c2C(=O)O1. The van der Waals surface area contributed by atoms with Crippen LogP contribution in [0.15, 0.2) is 18.2 Å². The predicted molar refractivity (Wildman–Crippen MR) is 87.4 cm³/mol. The number of phenols is 2. The minimum absolute atomic E-state index is 0.0722. The summed E-state index contributed by atoms with van der Waals surface area (Å²) in [6, 6.07) is 2.57. The first kappa shape index (κ1) is 17.3. The van der Waals surface area contributed by atoms with Crippen molar-refractivity contribution >= 4 is 12.0 Å². The van der Waals surface area contributed by atoms with Crippen LogP contribution in [0.1, 0.15) is 61.4 Å². The molecule has 0 spiro atoms. The van der Waals surface area contributed by atoms with Crippen molar-refractivity contribution in [2.45, 2.75) is 57.7 Å². The molecule has 0 aliphatic carbocycles. The number of hydrogen-bond donors (Lipinski definition) is 3. The van der Waals surface area contributed by atoms with E-state index < -0.39 is 5.97 Å². The van der Waals surface area contributed by atoms with Crippen molar-refractivity contribution in [2.75, 3.05) is 0 Å². The van der Waals surface area contributed by atoms with Crippen LogP contribution < -0.4 is 0 Å². The van der Waals surface area contributed by atoms with Crippen LogP contribution in [-0.2, 0) is 4.74 Å². The van der Waals surface area contributed by atoms with Crippen LogP contribution in [0.4, 0.5) is 0 Å². The van der Waals surface area contributed by atoms with Gasteiger partial charge in [0, 0.05) is 6.07 Å². The second-order valence-electron chi connectivity index (χ2n) is 6.06. The third-order valence-electron chi connectivity index (χ3n) is 4.00. The average molecular weight is 320 g/mol. The van der Waals surface area contributed by atoms with Gasteiger partial charge < -0.3 is 20.1 Å². The Bertz CT molecular complexity index is 579. The fraction of sp³-hybridized carbons (Fsp3) is 0.500. The number of rotatable bonds is 0. The zero-order valence-corrected chi connectivity index (χ0v) is 13.4. The number of hydrogen-bond acceptors (Lipinski definition) is 5. The number of carbonyl (C=O) groups excluding carboxylic acids is 1. The Labute approximate surface area is 136 Å². The second-order valence-corrected chi connectivity index (χ2v) is 6.06. The number of phenolic OH excluding ortho intramolecular Hbond substituents is 2. The number of carbonyl (C=O) groups is 1. The first-order valence-electron chi connectivity index (χ1n) is 8.09. The monoisotopic (exact) mass is 320 g/mol. The smallest absolute Gasteiger partial charge is 0.342 e. The van der Waals surface area contributed by atoms with Gasteiger partial charge in [0.1, 0.15) is 17.1 Å². The second kappa shape index (κ2) is 8.02. The van der Waals surface area contributed by atoms with Gasteiger partial charge in [-0.15, -0.1) is 0 Å². The molecule has 1 aliphatic heterocycles. The first-order chi connectivity index (χ1) is 11.0. The molecule has 126 valence electrons. The Hall–Kier alpha value is -2.01. The summed E-state index contributed by atoms with van der Waals surface area (Å²) >= 11 is 0. The average Bonchev–Trinajstić information content (AvgIpc) is 2.45. The summed E-state index contributed by atoms with van der Waals surface area (Å²) in [4.78, 5) is 12.3. The van der Waals surface area contributed by atoms with E-state index in [1.807, 2.05) is 6.08 Å². The van der Waals surface area contributed by atoms with Crippen molar-refractivity contribution in [2.24, 2.45) is 0 Å². The summed E-state index contributed by atoms with van der Waals surface area (Å²) in [5.74, 6) is -1.00. The van der Waals surface area contributed by atoms with Gasteiger partial charge >= 0.3 is 5.97 Å². The van der Waals surface area contributed by atoms with Crippen LogP contribution in [0.25, 0.3) is 6.08 Å². The van der Waals surface area contributed by atoms with Gasteiger partial charge in [0.15, 0.2) is 0 Å². The van der Waals surface area contributed by atoms with E-state index in [1.54, 1.807) is 13.0 Å². The number of ether oxygens (including phenoxy) is 1. The maximum absolute atomic E-state index is 12.3. The Kier molecular flexibility index (Phi) is 6.04. The maximum atomic E-state index is 12.3. The van der Waals surface area contributed by atoms with E-state index >= 15 is 0 Å². The van der Waals surface area contributed by atoms with Crippen LogP contribution in [0.3, 0.4) is 0 Å². The zero-order valence-electron chi connectivity index (χ0n) is 13.4. The van der Waals surface area contributed by atoms with Crippen LogP contribution in [0, 0.1) is 0 Å². The summed E-state index contributed by atoms with van der Waals surface area (Å²) in [5, 5.41) is 29.5. The molecule has 2 atom stereocenters. The lowest BCUT2D eigenvalue weighted by molar-refractivity contribution is 0.0307. The molecule has 1 aromatic rings. The molecule has 1 heterocycles. The molecule has 0 fully saturated rings. The molecule has 5 nitrogen and oxygen atoms in total. The Morgan fingerprint density at radius 2 is 1.87 bits per heavy atom. The van der Waals surface area contributed by atoms with E-state index in [-0.39, 0.29) is 29.3 Å². The summed E-state index contributed by atoms with van der Waals surface area (Å²) in [5.41, 5.74) is 0.500. The molecule has 1 aliphatic rings. The van der Waals surface area contributed by atoms with Crippen LogP contribution in [-0.4, -0.2) is 33.5 Å². The van der Waals surface area contributed by atoms with Gasteiger partial charge in [-0.2, -0.15) is 0 Å². The lowest BCUT2D eigenvalue weighted by Crippen LogP contribution is -2.17. The van der Waals surface area contributed by atoms with Crippen molar-refractivity contribution in [3.63, 3.8) is 0 Å². The molecule has 0 radical (unpaired) electrons. The molecule has 0 amide bonds. The zero-order chi connectivity index (χ0) is 16.8. The summed E-state index contributed by atoms with van der Waals surface area (Å²) in [7, 11) is 0. The van der Waals surface area contributed by atoms with E-state index in [0.717, 1.165) is 31.7 Å². The molecule has 23 heavy (non-hydrogen) atoms. The molecule has 0 saturated heterocycles. The maximum Gasteiger partial charge on any atom is 0.342 e. The highest BCUT2D eigenvalue weighted by Crippen LogP contribution is 2.30. The highest BCUT2D eigenvalue weighted by molar-refractivity contribution is 5.97. The number of esters is 1. The molecule has 5 heteroatoms. The van der Waals surface area contributed by atoms with Gasteiger partial charge in [-0.1, -0.05) is 12.2 Å². The third-order valence-corrected chi connectivity index (χ3v) is 4.00. The molecular formula is C18H24O5. The topological polar surface area (TPSA) is 87.0 Å². The van der Waals surface area contributed by atoms with E-state index in [1.165, 1.54) is 6.07 Å².